The minimum Gasteiger partial charge on any atom is -0.481 e. The number of aliphatic carboxylic acids is 1. The normalized spacial score (nSPS) is 24.4. The zero-order chi connectivity index (χ0) is 101. The summed E-state index contributed by atoms with van der Waals surface area (Å²) in [6.45, 7) is 12.8. The van der Waals surface area contributed by atoms with Crippen LogP contribution in [0.25, 0.3) is 0 Å². The van der Waals surface area contributed by atoms with E-state index in [-0.39, 0.29) is 172 Å². The van der Waals surface area contributed by atoms with Crippen LogP contribution in [0.15, 0.2) is 35.3 Å². The van der Waals surface area contributed by atoms with E-state index in [1.165, 1.54) is 33.4 Å². The summed E-state index contributed by atoms with van der Waals surface area (Å²) < 4.78 is 0. The van der Waals surface area contributed by atoms with E-state index in [2.05, 4.69) is 74.1 Å². The number of carboxylic acids is 1. The fourth-order valence-corrected chi connectivity index (χ4v) is 19.5. The van der Waals surface area contributed by atoms with Crippen LogP contribution in [0.1, 0.15) is 234 Å². The van der Waals surface area contributed by atoms with Crippen LogP contribution in [0, 0.1) is 11.8 Å². The number of guanidine groups is 1. The number of fused-ring (bicyclic) bond motifs is 1. The number of hydrogen-bond donors (Lipinski definition) is 20. The zero-order valence-corrected chi connectivity index (χ0v) is 81.9. The van der Waals surface area contributed by atoms with Crippen LogP contribution in [0.3, 0.4) is 0 Å². The van der Waals surface area contributed by atoms with E-state index in [1.807, 2.05) is 13.8 Å². The molecule has 5 aliphatic rings. The van der Waals surface area contributed by atoms with Gasteiger partial charge < -0.3 is 128 Å². The first kappa shape index (κ1) is 115. The third kappa shape index (κ3) is 37.0. The molecule has 5 aliphatic heterocycles. The van der Waals surface area contributed by atoms with Crippen molar-refractivity contribution in [2.75, 3.05) is 63.9 Å². The molecule has 0 aliphatic carbocycles. The van der Waals surface area contributed by atoms with Gasteiger partial charge in [0.25, 0.3) is 0 Å². The number of aliphatic hydroxyl groups is 1. The number of carbonyl (C=O) groups is 19. The number of nitrogens with one attached hydrogen (secondary N) is 13. The van der Waals surface area contributed by atoms with E-state index in [9.17, 15) is 67.7 Å². The summed E-state index contributed by atoms with van der Waals surface area (Å²) >= 11 is 0. The number of nitrogens with zero attached hydrogens (tertiary/aromatic N) is 5. The molecule has 766 valence electrons. The van der Waals surface area contributed by atoms with E-state index in [4.69, 9.17) is 28.7 Å². The van der Waals surface area contributed by atoms with Crippen molar-refractivity contribution in [2.45, 2.75) is 338 Å². The van der Waals surface area contributed by atoms with E-state index in [1.54, 1.807) is 58.0 Å². The Morgan fingerprint density at radius 2 is 1.04 bits per heavy atom. The topological polar surface area (TPSA) is 677 Å². The summed E-state index contributed by atoms with van der Waals surface area (Å²) in [4.78, 5) is 284. The number of carbonyl (C=O) groups excluding carboxylic acids is 18. The van der Waals surface area contributed by atoms with E-state index in [0.29, 0.717) is 76.2 Å². The van der Waals surface area contributed by atoms with Crippen LogP contribution in [0.2, 0.25) is 0 Å². The highest BCUT2D eigenvalue weighted by atomic mass is 33.1. The summed E-state index contributed by atoms with van der Waals surface area (Å²) in [6.07, 6.45) is 4.13. The van der Waals surface area contributed by atoms with Crippen LogP contribution in [-0.4, -0.2) is 315 Å². The van der Waals surface area contributed by atoms with Crippen LogP contribution in [0.5, 0.6) is 0 Å². The highest BCUT2D eigenvalue weighted by molar-refractivity contribution is 8.76. The predicted octanol–water partition coefficient (Wildman–Crippen LogP) is -2.55. The Kier molecular flexibility index (Phi) is 49.7. The second-order valence-corrected chi connectivity index (χ2v) is 39.1. The Hall–Kier alpha value is -11.0. The van der Waals surface area contributed by atoms with Crippen molar-refractivity contribution in [3.8, 4) is 0 Å². The molecule has 17 atom stereocenters. The van der Waals surface area contributed by atoms with Crippen molar-refractivity contribution >= 4 is 140 Å². The molecule has 0 spiro atoms. The van der Waals surface area contributed by atoms with Crippen molar-refractivity contribution in [1.29, 1.82) is 0 Å². The van der Waals surface area contributed by atoms with Gasteiger partial charge in [0.15, 0.2) is 5.96 Å². The van der Waals surface area contributed by atoms with Crippen molar-refractivity contribution < 1.29 is 101 Å². The van der Waals surface area contributed by atoms with E-state index in [0.717, 1.165) is 21.6 Å². The number of aliphatic imine (C=N–C) groups is 1. The summed E-state index contributed by atoms with van der Waals surface area (Å²) in [5.41, 5.74) is 29.4. The molecule has 1 aromatic carbocycles. The smallest absolute Gasteiger partial charge is 0.303 e. The molecule has 137 heavy (non-hydrogen) atoms. The minimum absolute atomic E-state index is 0.00208. The number of primary amides is 1. The van der Waals surface area contributed by atoms with Gasteiger partial charge in [0.2, 0.25) is 106 Å². The van der Waals surface area contributed by atoms with Crippen LogP contribution in [-0.2, 0) is 97.5 Å². The number of hydrogen-bond acceptors (Lipinski definition) is 25. The van der Waals surface area contributed by atoms with Crippen molar-refractivity contribution in [3.63, 3.8) is 0 Å². The highest BCUT2D eigenvalue weighted by Crippen LogP contribution is 2.30. The lowest BCUT2D eigenvalue weighted by Crippen LogP contribution is -2.61. The standard InChI is InChI=1S/C91H149N23O21S2/c1-9-11-14-29-59(104-86(131)70-35-24-45-113(70)90(135)73(53(5)6)99-55(8)116)76(121)103-61-39-47-136-137-51-67(83(128)106-63(31-18-20-41-93)88(133)114-46-25-36-71(114)89(134)112-44-23-34-69(112)85(130)100-57(74(94)119)37-38-72(117)118)110-81(126)65(49-56-26-15-13-16-27-56)108-82(127)66(50-115)109-75(120)54(7)98-84(129)68-33-22-43-111(68)87(132)62(28-12-10-2)105-78(123)58(30-17-19-40-92)101-77(122)60(32-21-42-97-91(95)96)102-80(125)64(48-52(3)4)107-79(61)124/h13,15-16,26-27,52-54,57-71,73,115H,9-12,14,17-25,28-51,92-93H2,1-8H3,(H2,94,119)(H,98,129)(H,99,116)(H,100,130)(H,101,122)(H,102,125)(H,103,121)(H,104,131)(H,105,123)(H,106,128)(H,107,124)(H,108,127)(H,109,120)(H,110,126)(H,117,118)(H4,95,96,97)/t54?,57-,58-,59-,60-,61?,62-,63?,64-,65-,66-,67-,68-,69-,70-,71-,73-/m0/s1. The molecule has 44 nitrogen and oxygen atoms in total. The number of aliphatic hydroxyl groups excluding tert-OH is 1. The number of benzene rings is 1. The molecule has 0 saturated carbocycles. The first-order valence-electron chi connectivity index (χ1n) is 48.3. The first-order chi connectivity index (χ1) is 65.3. The molecular weight excluding hydrogens is 1820 g/mol. The number of unbranched alkanes of at least 4 members (excludes halogenated alkanes) is 5. The Bertz CT molecular complexity index is 4290. The number of nitrogens with two attached hydrogens (primary N) is 5. The van der Waals surface area contributed by atoms with Gasteiger partial charge >= 0.3 is 5.97 Å². The molecule has 5 fully saturated rings. The van der Waals surface area contributed by atoms with Gasteiger partial charge in [-0.2, -0.15) is 0 Å². The summed E-state index contributed by atoms with van der Waals surface area (Å²) in [7, 11) is 1.98. The second kappa shape index (κ2) is 59.3. The monoisotopic (exact) mass is 1960 g/mol. The molecule has 46 heteroatoms. The maximum Gasteiger partial charge on any atom is 0.303 e. The van der Waals surface area contributed by atoms with Gasteiger partial charge in [-0.1, -0.05) is 126 Å². The molecule has 18 amide bonds. The Morgan fingerprint density at radius 3 is 1.64 bits per heavy atom. The molecule has 6 rings (SSSR count). The molecule has 0 radical (unpaired) electrons. The average molecular weight is 1970 g/mol. The first-order valence-corrected chi connectivity index (χ1v) is 50.8. The molecule has 1 aromatic rings. The van der Waals surface area contributed by atoms with Crippen LogP contribution in [0.4, 0.5) is 0 Å². The van der Waals surface area contributed by atoms with Gasteiger partial charge in [-0.15, -0.1) is 0 Å². The summed E-state index contributed by atoms with van der Waals surface area (Å²) in [5, 5.41) is 55.6. The molecular formula is C91H149N23O21S2. The maximum absolute atomic E-state index is 15.6. The predicted molar refractivity (Wildman–Crippen MR) is 512 cm³/mol. The number of rotatable bonds is 41. The molecule has 25 N–H and O–H groups in total. The maximum atomic E-state index is 15.6. The van der Waals surface area contributed by atoms with Crippen LogP contribution >= 0.6 is 21.6 Å². The lowest BCUT2D eigenvalue weighted by atomic mass is 10.0. The summed E-state index contributed by atoms with van der Waals surface area (Å²) in [5.74, 6) is -17.5. The van der Waals surface area contributed by atoms with Gasteiger partial charge in [0.1, 0.15) is 103 Å². The van der Waals surface area contributed by atoms with Gasteiger partial charge in [-0.05, 0) is 172 Å². The molecule has 5 saturated heterocycles. The molecule has 0 aromatic heterocycles. The highest BCUT2D eigenvalue weighted by Gasteiger charge is 2.47. The number of carboxylic acid groups (broad SMARTS) is 1. The second-order valence-electron chi connectivity index (χ2n) is 36.5. The summed E-state index contributed by atoms with van der Waals surface area (Å²) in [6, 6.07) is -15.4. The quantitative estimate of drug-likeness (QED) is 0.0139. The van der Waals surface area contributed by atoms with Gasteiger partial charge in [0, 0.05) is 64.0 Å². The number of amides is 18. The Labute approximate surface area is 809 Å². The third-order valence-corrected chi connectivity index (χ3v) is 27.2. The van der Waals surface area contributed by atoms with Gasteiger partial charge in [0.05, 0.1) is 6.61 Å². The van der Waals surface area contributed by atoms with Crippen molar-refractivity contribution in [1.82, 2.24) is 88.7 Å². The minimum atomic E-state index is -1.82. The van der Waals surface area contributed by atoms with Crippen molar-refractivity contribution in [3.05, 3.63) is 35.9 Å². The largest absolute Gasteiger partial charge is 0.481 e. The van der Waals surface area contributed by atoms with E-state index >= 15 is 33.6 Å². The zero-order valence-electron chi connectivity index (χ0n) is 80.3. The third-order valence-electron chi connectivity index (χ3n) is 24.7. The van der Waals surface area contributed by atoms with Crippen LogP contribution < -0.4 is 97.8 Å². The fraction of sp³-hybridized carbons (Fsp3) is 0.714. The average Bonchev–Trinajstić information content (AvgIpc) is 1.66. The Morgan fingerprint density at radius 1 is 0.518 bits per heavy atom. The molecule has 3 unspecified atom stereocenters. The lowest BCUT2D eigenvalue weighted by molar-refractivity contribution is -0.148. The van der Waals surface area contributed by atoms with E-state index < -0.39 is 234 Å². The number of likely N-dealkylation sites (tertiary alicyclic amines) is 3. The van der Waals surface area contributed by atoms with Gasteiger partial charge in [-0.3, -0.25) is 96.1 Å². The van der Waals surface area contributed by atoms with Crippen molar-refractivity contribution in [2.24, 2.45) is 45.5 Å². The van der Waals surface area contributed by atoms with Gasteiger partial charge in [-0.25, -0.2) is 0 Å². The molecule has 5 heterocycles. The Balaban J connectivity index is 1.49. The fourth-order valence-electron chi connectivity index (χ4n) is 17.2. The SMILES string of the molecule is CCCCC[C@H](NC(=O)[C@@H]1CCCN1C(=O)[C@@H](NC(C)=O)C(C)C)C(=O)NC1CCSSC[C@@H](C(=O)NC(CCCCN)C(=O)N2CCC[C@H]2C(=O)N2CCC[C@H]2C(=O)N[C@@H](CCC(=O)O)C(N)=O)NC(=O)[C@H](Cc2ccccc2)NC(=O)[C@H](CO)NC(=O)C(C)NC(=O)[C@@H]2CCCN2C(=O)[C@H](CCCC)NC(=O)[C@H](CCCCN)NC(=O)[C@H](CCCN=C(N)N)NC(=O)[C@H](CC(C)C)NC1=O. The molecule has 0 bridgehead atoms. The lowest BCUT2D eigenvalue weighted by Gasteiger charge is -2.33.